The second-order valence-corrected chi connectivity index (χ2v) is 11.1. The molecule has 9 N–H and O–H groups in total. The van der Waals surface area contributed by atoms with Crippen molar-refractivity contribution >= 4 is 8.60 Å². The summed E-state index contributed by atoms with van der Waals surface area (Å²) in [7, 11) is 0.933. The van der Waals surface area contributed by atoms with E-state index in [0.717, 1.165) is 19.3 Å². The third-order valence-corrected chi connectivity index (χ3v) is 7.61. The summed E-state index contributed by atoms with van der Waals surface area (Å²) in [5.41, 5.74) is 17.7. The van der Waals surface area contributed by atoms with Gasteiger partial charge in [-0.1, -0.05) is 59.7 Å². The van der Waals surface area contributed by atoms with Crippen LogP contribution in [0, 0.1) is 5.92 Å². The molecule has 3 rings (SSSR count). The predicted molar refractivity (Wildman–Crippen MR) is 151 cm³/mol. The molecule has 0 amide bonds. The maximum atomic E-state index is 8.32. The monoisotopic (exact) mass is 644 g/mol. The number of fused-ring (bicyclic) bond motifs is 1. The molecule has 1 saturated carbocycles. The summed E-state index contributed by atoms with van der Waals surface area (Å²) in [4.78, 5) is 10.8. The van der Waals surface area contributed by atoms with E-state index in [9.17, 15) is 0 Å². The largest absolute Gasteiger partial charge is 0.643 e. The topological polar surface area (TPSA) is 243 Å². The van der Waals surface area contributed by atoms with Crippen LogP contribution in [0.2, 0.25) is 0 Å². The first-order chi connectivity index (χ1) is 18.6. The first kappa shape index (κ1) is 42.4. The van der Waals surface area contributed by atoms with Gasteiger partial charge in [-0.2, -0.15) is 13.9 Å². The Labute approximate surface area is 250 Å². The Kier molecular flexibility index (Phi) is 27.3. The van der Waals surface area contributed by atoms with Crippen molar-refractivity contribution in [1.29, 1.82) is 0 Å². The Morgan fingerprint density at radius 1 is 0.875 bits per heavy atom. The Bertz CT molecular complexity index is 547. The molecule has 2 saturated heterocycles. The molecule has 40 heavy (non-hydrogen) atoms. The van der Waals surface area contributed by atoms with Gasteiger partial charge in [0.25, 0.3) is 0 Å². The minimum Gasteiger partial charge on any atom is -0.643 e. The van der Waals surface area contributed by atoms with Crippen LogP contribution < -0.4 is 16.4 Å². The van der Waals surface area contributed by atoms with E-state index in [-0.39, 0.29) is 53.2 Å². The van der Waals surface area contributed by atoms with E-state index in [4.69, 9.17) is 31.5 Å². The Balaban J connectivity index is 0. The fraction of sp³-hybridized carbons (Fsp3) is 1.00. The van der Waals surface area contributed by atoms with Gasteiger partial charge in [-0.05, 0) is 18.8 Å². The maximum Gasteiger partial charge on any atom is 0.394 e. The van der Waals surface area contributed by atoms with Gasteiger partial charge in [-0.25, -0.2) is 0 Å². The smallest absolute Gasteiger partial charge is 0.394 e. The van der Waals surface area contributed by atoms with Crippen LogP contribution >= 0.6 is 8.60 Å². The van der Waals surface area contributed by atoms with Crippen LogP contribution in [0.3, 0.4) is 0 Å². The van der Waals surface area contributed by atoms with E-state index in [2.05, 4.69) is 51.8 Å². The van der Waals surface area contributed by atoms with Crippen LogP contribution in [0.5, 0.6) is 0 Å². The Morgan fingerprint density at radius 2 is 1.32 bits per heavy atom. The van der Waals surface area contributed by atoms with Crippen molar-refractivity contribution in [3.63, 3.8) is 0 Å². The second kappa shape index (κ2) is 25.8. The van der Waals surface area contributed by atoms with Crippen molar-refractivity contribution in [3.8, 4) is 0 Å². The third kappa shape index (κ3) is 17.4. The average Bonchev–Trinajstić information content (AvgIpc) is 3.49. The van der Waals surface area contributed by atoms with Gasteiger partial charge in [0, 0.05) is 35.7 Å². The molecule has 1 radical (unpaired) electrons. The van der Waals surface area contributed by atoms with Crippen molar-refractivity contribution in [3.05, 3.63) is 27.2 Å². The van der Waals surface area contributed by atoms with E-state index in [1.54, 1.807) is 27.7 Å². The Hall–Kier alpha value is 0.296. The van der Waals surface area contributed by atoms with Crippen molar-refractivity contribution in [2.75, 3.05) is 34.1 Å². The zero-order valence-electron chi connectivity index (χ0n) is 24.4. The Morgan fingerprint density at radius 3 is 1.70 bits per heavy atom. The number of nitrogens with one attached hydrogen (secondary N) is 2. The number of nitrogens with two attached hydrogens (primary N) is 1. The maximum absolute atomic E-state index is 8.32. The van der Waals surface area contributed by atoms with E-state index in [1.807, 2.05) is 0 Å². The van der Waals surface area contributed by atoms with Crippen LogP contribution in [0.15, 0.2) is 0 Å². The molecular formula is C22H52CoN9O7P-4. The van der Waals surface area contributed by atoms with E-state index >= 15 is 0 Å². The van der Waals surface area contributed by atoms with Gasteiger partial charge in [0.1, 0.15) is 0 Å². The van der Waals surface area contributed by atoms with Crippen molar-refractivity contribution < 1.29 is 51.5 Å². The zero-order valence-corrected chi connectivity index (χ0v) is 26.5. The quantitative estimate of drug-likeness (QED) is 0.127. The van der Waals surface area contributed by atoms with Gasteiger partial charge in [-0.3, -0.25) is 10.2 Å². The van der Waals surface area contributed by atoms with Crippen molar-refractivity contribution in [2.24, 2.45) is 11.7 Å². The van der Waals surface area contributed by atoms with Gasteiger partial charge in [0.05, 0.1) is 20.9 Å². The zero-order chi connectivity index (χ0) is 29.8. The van der Waals surface area contributed by atoms with Crippen LogP contribution in [0.1, 0.15) is 59.8 Å². The molecule has 7 atom stereocenters. The van der Waals surface area contributed by atoms with E-state index < -0.39 is 8.60 Å². The minimum absolute atomic E-state index is 0. The molecule has 3 fully saturated rings. The van der Waals surface area contributed by atoms with Gasteiger partial charge in [0.15, 0.2) is 0 Å². The SMILES string of the molecule is CC([N-]O)C(C)[N-]O.CC([N-]O)C(C)[N-]O.CO[PH+](O)OC.NC1NCN(CC2CCCCC2)C2NC[N-]C12.[Co]. The van der Waals surface area contributed by atoms with Gasteiger partial charge < -0.3 is 59.1 Å². The summed E-state index contributed by atoms with van der Waals surface area (Å²) in [5.74, 6) is 0.878. The first-order valence-corrected chi connectivity index (χ1v) is 14.5. The van der Waals surface area contributed by atoms with Crippen LogP contribution in [0.25, 0.3) is 27.2 Å². The molecule has 0 bridgehead atoms. The number of hydrogen-bond donors (Lipinski definition) is 8. The standard InChI is InChI=1S/C12H24N5.2C4H10N2O2.C2H8O3P.Co/c13-11-10-12(15-7-14-10)17(8-16-11)6-9-4-2-1-3-5-9;2*1-3(5-7)4(2)6-8;1-4-6(3)5-2;/h9-12,15-16H,1-8,13H2;2*3-4,7-8H,1-2H3;3,6H,1-2H3;/q-1;2*-2;+1;. The predicted octanol–water partition coefficient (Wildman–Crippen LogP) is 3.15. The molecule has 0 spiro atoms. The number of hydrogen-bond acceptors (Lipinski definition) is 11. The molecule has 7 unspecified atom stereocenters. The van der Waals surface area contributed by atoms with E-state index in [1.165, 1.54) is 52.9 Å². The molecule has 2 aliphatic heterocycles. The summed E-state index contributed by atoms with van der Waals surface area (Å²) in [6.45, 7) is 9.49. The molecule has 2 heterocycles. The number of rotatable bonds is 10. The summed E-state index contributed by atoms with van der Waals surface area (Å²) in [6, 6.07) is -1.05. The average molecular weight is 645 g/mol. The number of hydroxylamine groups is 4. The van der Waals surface area contributed by atoms with Crippen LogP contribution in [-0.4, -0.2) is 107 Å². The third-order valence-electron chi connectivity index (χ3n) is 6.91. The first-order valence-electron chi connectivity index (χ1n) is 13.2. The van der Waals surface area contributed by atoms with E-state index in [0.29, 0.717) is 6.17 Å². The molecule has 245 valence electrons. The number of nitrogens with zero attached hydrogens (tertiary/aromatic N) is 6. The molecule has 0 aromatic carbocycles. The van der Waals surface area contributed by atoms with Gasteiger partial charge in [0.2, 0.25) is 0 Å². The minimum atomic E-state index is -1.87. The van der Waals surface area contributed by atoms with Gasteiger partial charge >= 0.3 is 8.60 Å². The molecule has 1 aliphatic carbocycles. The summed E-state index contributed by atoms with van der Waals surface area (Å²) in [6.07, 6.45) is 7.45. The van der Waals surface area contributed by atoms with Gasteiger partial charge in [-0.15, -0.1) is 24.2 Å². The molecule has 18 heteroatoms. The summed E-state index contributed by atoms with van der Waals surface area (Å²) < 4.78 is 8.67. The molecule has 0 aromatic heterocycles. The fourth-order valence-electron chi connectivity index (χ4n) is 3.92. The summed E-state index contributed by atoms with van der Waals surface area (Å²) in [5, 5.41) is 43.7. The summed E-state index contributed by atoms with van der Waals surface area (Å²) >= 11 is 0. The normalized spacial score (nSPS) is 25.9. The van der Waals surface area contributed by atoms with Crippen LogP contribution in [-0.2, 0) is 25.8 Å². The van der Waals surface area contributed by atoms with Crippen LogP contribution in [0.4, 0.5) is 0 Å². The molecule has 3 aliphatic rings. The molecule has 16 nitrogen and oxygen atoms in total. The van der Waals surface area contributed by atoms with Crippen molar-refractivity contribution in [2.45, 2.75) is 102 Å². The molecule has 0 aromatic rings. The molecular weight excluding hydrogens is 592 g/mol. The second-order valence-electron chi connectivity index (χ2n) is 9.74. The fourth-order valence-corrected chi connectivity index (χ4v) is 4.08. The van der Waals surface area contributed by atoms with Crippen molar-refractivity contribution in [1.82, 2.24) is 15.5 Å².